The Labute approximate surface area is 169 Å². The normalized spacial score (nSPS) is 20.3. The van der Waals surface area contributed by atoms with Gasteiger partial charge in [-0.1, -0.05) is 50.0 Å². The predicted octanol–water partition coefficient (Wildman–Crippen LogP) is 3.69. The number of thioether (sulfide) groups is 1. The molecule has 0 amide bonds. The van der Waals surface area contributed by atoms with Crippen molar-refractivity contribution in [3.63, 3.8) is 0 Å². The van der Waals surface area contributed by atoms with E-state index >= 15 is 0 Å². The molecule has 0 spiro atoms. The number of hydrogen-bond donors (Lipinski definition) is 1. The highest BCUT2D eigenvalue weighted by molar-refractivity contribution is 8.23. The summed E-state index contributed by atoms with van der Waals surface area (Å²) < 4.78 is 32.1. The minimum Gasteiger partial charge on any atom is -0.493 e. The number of benzene rings is 1. The number of rotatable bonds is 8. The number of esters is 1. The third-order valence-corrected chi connectivity index (χ3v) is 8.13. The molecule has 1 N–H and O–H groups in total. The summed E-state index contributed by atoms with van der Waals surface area (Å²) in [5.41, 5.74) is 0. The molecule has 1 aromatic carbocycles. The van der Waals surface area contributed by atoms with Crippen LogP contribution in [0.25, 0.3) is 0 Å². The van der Waals surface area contributed by atoms with Crippen molar-refractivity contribution in [2.75, 3.05) is 20.0 Å². The number of nitrogens with one attached hydrogen (secondary N) is 1. The fraction of sp³-hybridized carbons (Fsp3) is 0.529. The molecule has 0 bridgehead atoms. The number of carbonyl (C=O) groups is 1. The van der Waals surface area contributed by atoms with E-state index in [0.29, 0.717) is 21.6 Å². The number of nitrogens with zero attached hydrogens (tertiary/aromatic N) is 1. The Bertz CT molecular complexity index is 746. The van der Waals surface area contributed by atoms with Crippen molar-refractivity contribution in [2.24, 2.45) is 5.92 Å². The largest absolute Gasteiger partial charge is 0.493 e. The molecule has 1 fully saturated rings. The molecule has 150 valence electrons. The zero-order valence-electron chi connectivity index (χ0n) is 16.0. The van der Waals surface area contributed by atoms with Gasteiger partial charge < -0.3 is 14.0 Å². The van der Waals surface area contributed by atoms with Crippen LogP contribution in [0.1, 0.15) is 20.8 Å². The Hall–Kier alpha value is -1.28. The molecule has 0 radical (unpaired) electrons. The van der Waals surface area contributed by atoms with E-state index in [4.69, 9.17) is 26.2 Å². The van der Waals surface area contributed by atoms with Crippen LogP contribution >= 0.6 is 31.7 Å². The van der Waals surface area contributed by atoms with E-state index in [9.17, 15) is 9.36 Å². The molecule has 1 aliphatic heterocycles. The Balaban J connectivity index is 2.46. The molecule has 1 aromatic rings. The fourth-order valence-electron chi connectivity index (χ4n) is 2.64. The van der Waals surface area contributed by atoms with Gasteiger partial charge in [0.1, 0.15) is 10.4 Å². The Morgan fingerprint density at radius 3 is 2.48 bits per heavy atom. The van der Waals surface area contributed by atoms with Crippen LogP contribution in [0, 0.1) is 5.92 Å². The van der Waals surface area contributed by atoms with E-state index in [1.165, 1.54) is 26.0 Å². The topological polar surface area (TPSA) is 77.1 Å². The average Bonchev–Trinajstić information content (AvgIpc) is 3.04. The summed E-state index contributed by atoms with van der Waals surface area (Å²) in [5.74, 6) is 1.07. The van der Waals surface area contributed by atoms with Crippen LogP contribution < -0.4 is 14.3 Å². The molecule has 0 saturated carbocycles. The second kappa shape index (κ2) is 9.28. The summed E-state index contributed by atoms with van der Waals surface area (Å²) in [6, 6.07) is 5.96. The summed E-state index contributed by atoms with van der Waals surface area (Å²) in [6.45, 7) is 5.63. The number of ether oxygens (including phenoxy) is 2. The van der Waals surface area contributed by atoms with Crippen molar-refractivity contribution >= 4 is 41.9 Å². The van der Waals surface area contributed by atoms with E-state index in [1.54, 1.807) is 35.9 Å². The molecule has 0 aliphatic carbocycles. The van der Waals surface area contributed by atoms with Gasteiger partial charge in [-0.25, -0.2) is 9.65 Å². The highest BCUT2D eigenvalue weighted by atomic mass is 32.2. The second-order valence-electron chi connectivity index (χ2n) is 6.37. The summed E-state index contributed by atoms with van der Waals surface area (Å²) in [7, 11) is -0.995. The number of methoxy groups -OCH3 is 2. The second-order valence-corrected chi connectivity index (χ2v) is 9.94. The molecule has 1 heterocycles. The smallest absolute Gasteiger partial charge is 0.422 e. The lowest BCUT2D eigenvalue weighted by molar-refractivity contribution is -0.142. The Morgan fingerprint density at radius 2 is 1.93 bits per heavy atom. The van der Waals surface area contributed by atoms with Crippen LogP contribution in [-0.2, 0) is 14.1 Å². The molecule has 2 rings (SSSR count). The van der Waals surface area contributed by atoms with Crippen LogP contribution in [0.5, 0.6) is 11.5 Å². The van der Waals surface area contributed by atoms with Crippen molar-refractivity contribution < 1.29 is 23.4 Å². The van der Waals surface area contributed by atoms with Gasteiger partial charge in [-0.15, -0.1) is 0 Å². The van der Waals surface area contributed by atoms with E-state index in [-0.39, 0.29) is 12.0 Å². The molecule has 1 saturated heterocycles. The van der Waals surface area contributed by atoms with Gasteiger partial charge in [0.15, 0.2) is 11.5 Å². The minimum atomic E-state index is -3.78. The van der Waals surface area contributed by atoms with Gasteiger partial charge in [-0.3, -0.25) is 9.46 Å². The van der Waals surface area contributed by atoms with E-state index in [2.05, 4.69) is 5.09 Å². The van der Waals surface area contributed by atoms with Gasteiger partial charge in [0.2, 0.25) is 0 Å². The summed E-state index contributed by atoms with van der Waals surface area (Å²) in [5, 5.41) is 2.83. The molecule has 7 nitrogen and oxygen atoms in total. The molecule has 0 aromatic heterocycles. The SMILES string of the molecule is COC(=O)[C@H](C)N[P@](=O)(Oc1ccccc1OC)N1C(=S)SC[C@@H]1C(C)C. The maximum Gasteiger partial charge on any atom is 0.422 e. The van der Waals surface area contributed by atoms with Crippen LogP contribution in [0.4, 0.5) is 0 Å². The van der Waals surface area contributed by atoms with Crippen LogP contribution in [0.2, 0.25) is 0 Å². The Kier molecular flexibility index (Phi) is 7.56. The van der Waals surface area contributed by atoms with Crippen LogP contribution in [-0.4, -0.2) is 47.0 Å². The first-order valence-corrected chi connectivity index (χ1v) is 11.5. The van der Waals surface area contributed by atoms with Crippen molar-refractivity contribution in [3.8, 4) is 11.5 Å². The zero-order chi connectivity index (χ0) is 20.2. The number of para-hydroxylation sites is 2. The third-order valence-electron chi connectivity index (χ3n) is 4.13. The van der Waals surface area contributed by atoms with Crippen molar-refractivity contribution in [3.05, 3.63) is 24.3 Å². The quantitative estimate of drug-likeness (QED) is 0.376. The highest BCUT2D eigenvalue weighted by Crippen LogP contribution is 2.55. The van der Waals surface area contributed by atoms with E-state index in [1.807, 2.05) is 13.8 Å². The van der Waals surface area contributed by atoms with Crippen molar-refractivity contribution in [1.82, 2.24) is 9.76 Å². The van der Waals surface area contributed by atoms with Gasteiger partial charge in [0.25, 0.3) is 0 Å². The van der Waals surface area contributed by atoms with Crippen molar-refractivity contribution in [1.29, 1.82) is 0 Å². The van der Waals surface area contributed by atoms with Crippen LogP contribution in [0.3, 0.4) is 0 Å². The first-order valence-electron chi connectivity index (χ1n) is 8.48. The van der Waals surface area contributed by atoms with Gasteiger partial charge in [-0.05, 0) is 25.0 Å². The minimum absolute atomic E-state index is 0.0969. The van der Waals surface area contributed by atoms with Gasteiger partial charge >= 0.3 is 13.6 Å². The Morgan fingerprint density at radius 1 is 1.30 bits per heavy atom. The van der Waals surface area contributed by atoms with Crippen molar-refractivity contribution in [2.45, 2.75) is 32.9 Å². The molecule has 10 heteroatoms. The first kappa shape index (κ1) is 22.0. The van der Waals surface area contributed by atoms with E-state index in [0.717, 1.165) is 0 Å². The van der Waals surface area contributed by atoms with Gasteiger partial charge in [0, 0.05) is 5.75 Å². The molecule has 0 unspecified atom stereocenters. The maximum absolute atomic E-state index is 14.0. The molecule has 3 atom stereocenters. The van der Waals surface area contributed by atoms with Gasteiger partial charge in [-0.2, -0.15) is 0 Å². The first-order chi connectivity index (χ1) is 12.7. The summed E-state index contributed by atoms with van der Waals surface area (Å²) in [6.07, 6.45) is 0. The number of carbonyl (C=O) groups excluding carboxylic acids is 1. The lowest BCUT2D eigenvalue weighted by Gasteiger charge is -2.36. The number of thiocarbonyl (C=S) groups is 1. The monoisotopic (exact) mass is 432 g/mol. The predicted molar refractivity (Wildman–Crippen MR) is 111 cm³/mol. The standard InChI is InChI=1S/C17H25N2O5PS2/c1-11(2)13-10-27-17(26)19(13)25(21,18-12(3)16(20)23-5)24-15-9-7-6-8-14(15)22-4/h6-9,11-13H,10H2,1-5H3,(H,18,21)/t12-,13+,25-/m0/s1. The fourth-order valence-corrected chi connectivity index (χ4v) is 7.25. The molecule has 27 heavy (non-hydrogen) atoms. The highest BCUT2D eigenvalue weighted by Gasteiger charge is 2.47. The summed E-state index contributed by atoms with van der Waals surface area (Å²) >= 11 is 6.91. The maximum atomic E-state index is 14.0. The lowest BCUT2D eigenvalue weighted by atomic mass is 10.1. The molecular weight excluding hydrogens is 407 g/mol. The van der Waals surface area contributed by atoms with E-state index < -0.39 is 19.7 Å². The number of hydrogen-bond acceptors (Lipinski definition) is 7. The third kappa shape index (κ3) is 4.96. The molecule has 1 aliphatic rings. The van der Waals surface area contributed by atoms with Gasteiger partial charge in [0.05, 0.1) is 20.3 Å². The molecular formula is C17H25N2O5PS2. The van der Waals surface area contributed by atoms with Crippen LogP contribution in [0.15, 0.2) is 24.3 Å². The summed E-state index contributed by atoms with van der Waals surface area (Å²) in [4.78, 5) is 11.9. The lowest BCUT2D eigenvalue weighted by Crippen LogP contribution is -2.44. The zero-order valence-corrected chi connectivity index (χ0v) is 18.5. The average molecular weight is 433 g/mol.